The second-order valence-corrected chi connectivity index (χ2v) is 8.49. The third kappa shape index (κ3) is 3.98. The van der Waals surface area contributed by atoms with Crippen molar-refractivity contribution in [1.82, 2.24) is 14.4 Å². The number of ether oxygens (including phenoxy) is 1. The van der Waals surface area contributed by atoms with E-state index in [1.165, 1.54) is 23.5 Å². The van der Waals surface area contributed by atoms with Crippen LogP contribution in [-0.2, 0) is 16.6 Å². The topological polar surface area (TPSA) is 98.7 Å². The first-order valence-corrected chi connectivity index (χ1v) is 10.5. The number of hydrogen-bond donors (Lipinski definition) is 0. The minimum atomic E-state index is -3.81. The summed E-state index contributed by atoms with van der Waals surface area (Å²) in [6, 6.07) is 19.3. The molecule has 0 unspecified atom stereocenters. The fraction of sp³-hybridized carbons (Fsp3) is 0.143. The van der Waals surface area contributed by atoms with Crippen molar-refractivity contribution in [2.24, 2.45) is 0 Å². The van der Waals surface area contributed by atoms with Crippen LogP contribution < -0.4 is 4.74 Å². The molecule has 0 atom stereocenters. The van der Waals surface area contributed by atoms with Crippen molar-refractivity contribution in [3.8, 4) is 28.8 Å². The third-order valence-corrected chi connectivity index (χ3v) is 6.16. The van der Waals surface area contributed by atoms with Gasteiger partial charge < -0.3 is 13.7 Å². The van der Waals surface area contributed by atoms with Gasteiger partial charge in [-0.15, -0.1) is 0 Å². The number of hydrogen-bond acceptors (Lipinski definition) is 7. The Balaban J connectivity index is 1.54. The lowest BCUT2D eigenvalue weighted by atomic mass is 10.2. The number of aromatic nitrogens is 2. The summed E-state index contributed by atoms with van der Waals surface area (Å²) in [7, 11) is -0.731. The molecule has 0 saturated heterocycles. The Labute approximate surface area is 173 Å². The zero-order valence-corrected chi connectivity index (χ0v) is 17.2. The number of benzene rings is 2. The first kappa shape index (κ1) is 19.9. The van der Waals surface area contributed by atoms with Gasteiger partial charge >= 0.3 is 0 Å². The van der Waals surface area contributed by atoms with E-state index in [1.54, 1.807) is 31.4 Å². The molecule has 154 valence electrons. The molecule has 30 heavy (non-hydrogen) atoms. The molecule has 9 heteroatoms. The van der Waals surface area contributed by atoms with Gasteiger partial charge in [0.25, 0.3) is 15.9 Å². The van der Waals surface area contributed by atoms with Crippen LogP contribution >= 0.6 is 0 Å². The van der Waals surface area contributed by atoms with Crippen molar-refractivity contribution in [3.63, 3.8) is 0 Å². The van der Waals surface area contributed by atoms with E-state index in [2.05, 4.69) is 10.1 Å². The number of rotatable bonds is 7. The second kappa shape index (κ2) is 8.13. The molecule has 4 rings (SSSR count). The molecular weight excluding hydrogens is 406 g/mol. The summed E-state index contributed by atoms with van der Waals surface area (Å²) in [5, 5.41) is 3.74. The number of methoxy groups -OCH3 is 1. The molecule has 0 bridgehead atoms. The van der Waals surface area contributed by atoms with E-state index in [0.717, 1.165) is 11.1 Å². The minimum Gasteiger partial charge on any atom is -0.497 e. The van der Waals surface area contributed by atoms with Gasteiger partial charge in [-0.2, -0.15) is 9.29 Å². The maximum Gasteiger partial charge on any atom is 0.293 e. The highest BCUT2D eigenvalue weighted by Gasteiger charge is 2.26. The Hall–Kier alpha value is -3.43. The summed E-state index contributed by atoms with van der Waals surface area (Å²) in [6.07, 6.45) is 0. The Morgan fingerprint density at radius 1 is 1.00 bits per heavy atom. The molecule has 8 nitrogen and oxygen atoms in total. The Kier molecular flexibility index (Phi) is 5.39. The van der Waals surface area contributed by atoms with Crippen LogP contribution in [0, 0.1) is 0 Å². The van der Waals surface area contributed by atoms with E-state index in [0.29, 0.717) is 11.6 Å². The Bertz CT molecular complexity index is 1230. The van der Waals surface area contributed by atoms with Gasteiger partial charge in [0.2, 0.25) is 10.9 Å². The normalized spacial score (nSPS) is 11.7. The van der Waals surface area contributed by atoms with Gasteiger partial charge in [0.15, 0.2) is 5.76 Å². The number of nitrogens with zero attached hydrogens (tertiary/aromatic N) is 3. The van der Waals surface area contributed by atoms with E-state index >= 15 is 0 Å². The van der Waals surface area contributed by atoms with Crippen molar-refractivity contribution >= 4 is 10.0 Å². The molecule has 0 spiro atoms. The van der Waals surface area contributed by atoms with Crippen molar-refractivity contribution in [2.75, 3.05) is 14.2 Å². The monoisotopic (exact) mass is 425 g/mol. The minimum absolute atomic E-state index is 0.0907. The van der Waals surface area contributed by atoms with Crippen molar-refractivity contribution < 1.29 is 22.1 Å². The van der Waals surface area contributed by atoms with Gasteiger partial charge in [0.05, 0.1) is 7.11 Å². The molecule has 0 aliphatic carbocycles. The van der Waals surface area contributed by atoms with E-state index in [-0.39, 0.29) is 23.3 Å². The Morgan fingerprint density at radius 2 is 1.73 bits per heavy atom. The summed E-state index contributed by atoms with van der Waals surface area (Å²) in [6.45, 7) is 0.224. The molecule has 0 radical (unpaired) electrons. The highest BCUT2D eigenvalue weighted by molar-refractivity contribution is 7.88. The molecular formula is C21H19N3O5S. The van der Waals surface area contributed by atoms with Crippen LogP contribution in [0.1, 0.15) is 5.56 Å². The van der Waals surface area contributed by atoms with Crippen LogP contribution in [0.5, 0.6) is 5.75 Å². The summed E-state index contributed by atoms with van der Waals surface area (Å²) in [4.78, 5) is 4.29. The average molecular weight is 425 g/mol. The van der Waals surface area contributed by atoms with E-state index in [1.807, 2.05) is 30.3 Å². The van der Waals surface area contributed by atoms with Gasteiger partial charge in [-0.05, 0) is 42.0 Å². The van der Waals surface area contributed by atoms with Crippen LogP contribution in [0.4, 0.5) is 0 Å². The predicted octanol–water partition coefficient (Wildman–Crippen LogP) is 3.83. The maximum absolute atomic E-state index is 12.8. The predicted molar refractivity (Wildman–Crippen MR) is 109 cm³/mol. The SMILES string of the molecule is COc1ccc(-c2noc(-c3ccc(S(=O)(=O)N(C)Cc4ccccc4)o3)n2)cc1. The molecule has 0 amide bonds. The summed E-state index contributed by atoms with van der Waals surface area (Å²) in [5.74, 6) is 1.33. The summed E-state index contributed by atoms with van der Waals surface area (Å²) in [5.41, 5.74) is 1.60. The molecule has 0 saturated carbocycles. The molecule has 0 N–H and O–H groups in total. The molecule has 2 aromatic heterocycles. The van der Waals surface area contributed by atoms with Gasteiger partial charge in [0.1, 0.15) is 5.75 Å². The lowest BCUT2D eigenvalue weighted by molar-refractivity contribution is 0.387. The highest BCUT2D eigenvalue weighted by Crippen LogP contribution is 2.28. The molecule has 4 aromatic rings. The molecule has 0 aliphatic rings. The first-order chi connectivity index (χ1) is 14.5. The molecule has 0 fully saturated rings. The molecule has 2 aromatic carbocycles. The second-order valence-electron chi connectivity index (χ2n) is 6.52. The summed E-state index contributed by atoms with van der Waals surface area (Å²) >= 11 is 0. The van der Waals surface area contributed by atoms with Crippen molar-refractivity contribution in [3.05, 3.63) is 72.3 Å². The number of sulfonamides is 1. The number of furan rings is 1. The lowest BCUT2D eigenvalue weighted by Crippen LogP contribution is -2.26. The highest BCUT2D eigenvalue weighted by atomic mass is 32.2. The van der Waals surface area contributed by atoms with E-state index in [9.17, 15) is 8.42 Å². The molecule has 0 aliphatic heterocycles. The molecule has 2 heterocycles. The smallest absolute Gasteiger partial charge is 0.293 e. The van der Waals surface area contributed by atoms with Crippen LogP contribution in [0.2, 0.25) is 0 Å². The van der Waals surface area contributed by atoms with Gasteiger partial charge in [-0.1, -0.05) is 35.5 Å². The first-order valence-electron chi connectivity index (χ1n) is 9.06. The van der Waals surface area contributed by atoms with E-state index in [4.69, 9.17) is 13.7 Å². The standard InChI is InChI=1S/C21H19N3O5S/c1-24(14-15-6-4-3-5-7-15)30(25,26)19-13-12-18(28-19)21-22-20(23-29-21)16-8-10-17(27-2)11-9-16/h3-13H,14H2,1-2H3. The largest absolute Gasteiger partial charge is 0.497 e. The van der Waals surface area contributed by atoms with Crippen LogP contribution in [0.25, 0.3) is 23.0 Å². The maximum atomic E-state index is 12.8. The zero-order valence-electron chi connectivity index (χ0n) is 16.3. The van der Waals surface area contributed by atoms with Crippen molar-refractivity contribution in [2.45, 2.75) is 11.6 Å². The van der Waals surface area contributed by atoms with Crippen LogP contribution in [0.15, 0.2) is 80.8 Å². The summed E-state index contributed by atoms with van der Waals surface area (Å²) < 4.78 is 42.8. The third-order valence-electron chi connectivity index (χ3n) is 4.48. The van der Waals surface area contributed by atoms with Crippen LogP contribution in [0.3, 0.4) is 0 Å². The fourth-order valence-corrected chi connectivity index (χ4v) is 3.90. The quantitative estimate of drug-likeness (QED) is 0.444. The van der Waals surface area contributed by atoms with Gasteiger partial charge in [0, 0.05) is 19.2 Å². The van der Waals surface area contributed by atoms with Gasteiger partial charge in [-0.25, -0.2) is 8.42 Å². The average Bonchev–Trinajstić information content (AvgIpc) is 3.44. The fourth-order valence-electron chi connectivity index (χ4n) is 2.83. The van der Waals surface area contributed by atoms with E-state index < -0.39 is 10.0 Å². The Morgan fingerprint density at radius 3 is 2.43 bits per heavy atom. The van der Waals surface area contributed by atoms with Crippen LogP contribution in [-0.4, -0.2) is 37.0 Å². The zero-order chi connectivity index (χ0) is 21.1. The van der Waals surface area contributed by atoms with Gasteiger partial charge in [-0.3, -0.25) is 0 Å². The van der Waals surface area contributed by atoms with Crippen molar-refractivity contribution in [1.29, 1.82) is 0 Å². The lowest BCUT2D eigenvalue weighted by Gasteiger charge is -2.15.